The molecule has 0 amide bonds. The zero-order chi connectivity index (χ0) is 47.8. The van der Waals surface area contributed by atoms with Gasteiger partial charge >= 0.3 is 0 Å². The van der Waals surface area contributed by atoms with E-state index in [1.165, 1.54) is 33.0 Å². The van der Waals surface area contributed by atoms with Gasteiger partial charge in [0.2, 0.25) is 5.69 Å². The van der Waals surface area contributed by atoms with Gasteiger partial charge in [-0.05, 0) is 127 Å². The molecule has 0 spiro atoms. The molecular formula is C57H58N3O6S2-. The molecule has 1 aliphatic carbocycles. The minimum atomic E-state index is -4.33. The van der Waals surface area contributed by atoms with E-state index in [1.807, 2.05) is 12.1 Å². The number of hydrogen-bond donors (Lipinski definition) is 0. The summed E-state index contributed by atoms with van der Waals surface area (Å²) in [5, 5.41) is 4.67. The number of nitrogens with zero attached hydrogens (tertiary/aromatic N) is 3. The molecule has 0 aromatic heterocycles. The fraction of sp³-hybridized carbons (Fsp3) is 0.281. The van der Waals surface area contributed by atoms with Crippen LogP contribution in [-0.4, -0.2) is 60.8 Å². The predicted molar refractivity (Wildman–Crippen MR) is 275 cm³/mol. The van der Waals surface area contributed by atoms with Crippen molar-refractivity contribution in [2.75, 3.05) is 34.4 Å². The van der Waals surface area contributed by atoms with Crippen molar-refractivity contribution >= 4 is 70.2 Å². The smallest absolute Gasteiger partial charge is 0.210 e. The molecule has 0 unspecified atom stereocenters. The summed E-state index contributed by atoms with van der Waals surface area (Å²) in [7, 11) is -8.66. The van der Waals surface area contributed by atoms with Gasteiger partial charge in [-0.15, -0.1) is 0 Å². The van der Waals surface area contributed by atoms with Crippen molar-refractivity contribution in [3.63, 3.8) is 0 Å². The van der Waals surface area contributed by atoms with Crippen molar-refractivity contribution in [1.29, 1.82) is 0 Å². The van der Waals surface area contributed by atoms with Crippen molar-refractivity contribution in [2.45, 2.75) is 77.0 Å². The summed E-state index contributed by atoms with van der Waals surface area (Å²) >= 11 is 0. The Morgan fingerprint density at radius 1 is 0.603 bits per heavy atom. The average Bonchev–Trinajstić information content (AvgIpc) is 3.88. The van der Waals surface area contributed by atoms with Crippen molar-refractivity contribution in [3.05, 3.63) is 191 Å². The normalized spacial score (nSPS) is 17.9. The third-order valence-electron chi connectivity index (χ3n) is 14.0. The molecule has 2 aliphatic heterocycles. The van der Waals surface area contributed by atoms with Crippen LogP contribution in [-0.2, 0) is 31.1 Å². The summed E-state index contributed by atoms with van der Waals surface area (Å²) in [6.45, 7) is 10.2. The molecule has 9 nitrogen and oxygen atoms in total. The van der Waals surface area contributed by atoms with E-state index in [1.54, 1.807) is 0 Å². The van der Waals surface area contributed by atoms with Gasteiger partial charge in [-0.25, -0.2) is 16.8 Å². The van der Waals surface area contributed by atoms with Crippen molar-refractivity contribution < 1.29 is 30.5 Å². The molecule has 2 heterocycles. The number of benzene rings is 6. The number of allylic oxidation sites excluding steroid dienone is 7. The Hall–Kier alpha value is -6.11. The van der Waals surface area contributed by atoms with Gasteiger partial charge < -0.3 is 18.9 Å². The minimum Gasteiger partial charge on any atom is -0.748 e. The van der Waals surface area contributed by atoms with Crippen LogP contribution in [0.3, 0.4) is 0 Å². The highest BCUT2D eigenvalue weighted by Gasteiger charge is 2.46. The number of para-hydroxylation sites is 2. The van der Waals surface area contributed by atoms with Crippen molar-refractivity contribution in [3.8, 4) is 0 Å². The number of fused-ring (bicyclic) bond motifs is 6. The highest BCUT2D eigenvalue weighted by molar-refractivity contribution is 7.85. The number of hydrogen-bond acceptors (Lipinski definition) is 8. The van der Waals surface area contributed by atoms with Crippen LogP contribution < -0.4 is 9.80 Å². The fourth-order valence-corrected chi connectivity index (χ4v) is 12.0. The lowest BCUT2D eigenvalue weighted by Crippen LogP contribution is -2.28. The van der Waals surface area contributed by atoms with Crippen LogP contribution in [0.15, 0.2) is 180 Å². The van der Waals surface area contributed by atoms with Crippen LogP contribution in [0, 0.1) is 0 Å². The SMILES string of the molecule is CC1(C)C(/C=C/C2=C(N(c3ccccc3)c3ccccc3)C(=C/C=C3/N(CCCCS(=O)(=O)[O-])c4ccc5ccccc5c4C3(C)C)/CC2)=[N+](CCCCS(=O)(=O)[O-])c2ccc3ccccc3c21. The van der Waals surface area contributed by atoms with Gasteiger partial charge in [-0.2, -0.15) is 4.58 Å². The van der Waals surface area contributed by atoms with E-state index in [-0.39, 0.29) is 24.3 Å². The maximum atomic E-state index is 11.6. The Morgan fingerprint density at radius 2 is 1.16 bits per heavy atom. The Labute approximate surface area is 401 Å². The molecule has 0 N–H and O–H groups in total. The Balaban J connectivity index is 1.19. The Morgan fingerprint density at radius 3 is 1.78 bits per heavy atom. The van der Waals surface area contributed by atoms with E-state index in [0.29, 0.717) is 25.9 Å². The molecule has 11 heteroatoms. The lowest BCUT2D eigenvalue weighted by Gasteiger charge is -2.29. The summed E-state index contributed by atoms with van der Waals surface area (Å²) in [6, 6.07) is 46.4. The van der Waals surface area contributed by atoms with Gasteiger partial charge in [-0.1, -0.05) is 117 Å². The van der Waals surface area contributed by atoms with E-state index in [2.05, 4.69) is 188 Å². The number of unbranched alkanes of at least 4 members (excludes halogenated alkanes) is 2. The van der Waals surface area contributed by atoms with E-state index in [0.717, 1.165) is 63.5 Å². The van der Waals surface area contributed by atoms with Crippen LogP contribution in [0.1, 0.15) is 77.3 Å². The van der Waals surface area contributed by atoms with Gasteiger partial charge in [0.1, 0.15) is 6.54 Å². The second-order valence-corrected chi connectivity index (χ2v) is 22.2. The van der Waals surface area contributed by atoms with Gasteiger partial charge in [0.05, 0.1) is 31.3 Å². The first kappa shape index (κ1) is 47.0. The maximum Gasteiger partial charge on any atom is 0.210 e. The van der Waals surface area contributed by atoms with Crippen molar-refractivity contribution in [2.24, 2.45) is 0 Å². The molecule has 6 aromatic carbocycles. The minimum absolute atomic E-state index is 0.280. The Kier molecular flexibility index (Phi) is 13.0. The summed E-state index contributed by atoms with van der Waals surface area (Å²) in [5.74, 6) is -0.778. The van der Waals surface area contributed by atoms with E-state index >= 15 is 0 Å². The van der Waals surface area contributed by atoms with E-state index < -0.39 is 31.1 Å². The van der Waals surface area contributed by atoms with Crippen LogP contribution in [0.25, 0.3) is 21.5 Å². The predicted octanol–water partition coefficient (Wildman–Crippen LogP) is 12.1. The monoisotopic (exact) mass is 944 g/mol. The third-order valence-corrected chi connectivity index (χ3v) is 15.5. The standard InChI is InChI=1S/C57H59N3O6S2/c1-56(2)51(58(37-15-17-39-67(61,62)63)49-33-29-41-19-11-13-25-47(41)53(49)56)35-31-43-27-28-44(55(43)60(45-21-7-5-8-22-45)46-23-9-6-10-24-46)32-36-52-57(3,4)54-48-26-14-12-20-42(48)30-34-50(54)59(52)38-16-18-40-68(64,65)66/h5-14,19-26,29-36H,15-18,27-28,37-40H2,1-4H3,(H-,61,62,63,64,65,66)/p-1. The maximum absolute atomic E-state index is 11.6. The molecule has 0 radical (unpaired) electrons. The largest absolute Gasteiger partial charge is 0.748 e. The fourth-order valence-electron chi connectivity index (χ4n) is 10.9. The third kappa shape index (κ3) is 9.37. The number of rotatable bonds is 16. The Bertz CT molecular complexity index is 3260. The lowest BCUT2D eigenvalue weighted by atomic mass is 9.79. The summed E-state index contributed by atoms with van der Waals surface area (Å²) in [5.41, 5.74) is 11.5. The first-order valence-electron chi connectivity index (χ1n) is 23.6. The molecule has 0 bridgehead atoms. The quantitative estimate of drug-likeness (QED) is 0.0534. The summed E-state index contributed by atoms with van der Waals surface area (Å²) in [4.78, 5) is 4.68. The second kappa shape index (κ2) is 18.8. The first-order chi connectivity index (χ1) is 32.5. The van der Waals surface area contributed by atoms with Crippen LogP contribution in [0.2, 0.25) is 0 Å². The molecule has 0 fully saturated rings. The molecule has 3 aliphatic rings. The number of anilines is 3. The summed E-state index contributed by atoms with van der Waals surface area (Å²) < 4.78 is 72.1. The highest BCUT2D eigenvalue weighted by atomic mass is 32.2. The molecule has 6 aromatic rings. The zero-order valence-corrected chi connectivity index (χ0v) is 40.8. The highest BCUT2D eigenvalue weighted by Crippen LogP contribution is 2.52. The van der Waals surface area contributed by atoms with Gasteiger partial charge in [0, 0.05) is 70.4 Å². The van der Waals surface area contributed by atoms with E-state index in [9.17, 15) is 25.9 Å². The van der Waals surface area contributed by atoms with Crippen molar-refractivity contribution in [1.82, 2.24) is 0 Å². The van der Waals surface area contributed by atoms with Gasteiger partial charge in [0.25, 0.3) is 0 Å². The average molecular weight is 945 g/mol. The summed E-state index contributed by atoms with van der Waals surface area (Å²) in [6.07, 6.45) is 12.3. The van der Waals surface area contributed by atoms with E-state index in [4.69, 9.17) is 0 Å². The lowest BCUT2D eigenvalue weighted by molar-refractivity contribution is -0.438. The van der Waals surface area contributed by atoms with Crippen LogP contribution in [0.5, 0.6) is 0 Å². The molecule has 0 saturated carbocycles. The van der Waals surface area contributed by atoms with Gasteiger partial charge in [0.15, 0.2) is 5.71 Å². The first-order valence-corrected chi connectivity index (χ1v) is 26.8. The van der Waals surface area contributed by atoms with Gasteiger partial charge in [-0.3, -0.25) is 0 Å². The molecule has 350 valence electrons. The molecule has 0 saturated heterocycles. The molecule has 68 heavy (non-hydrogen) atoms. The van der Waals surface area contributed by atoms with Crippen LogP contribution >= 0.6 is 0 Å². The molecular weight excluding hydrogens is 887 g/mol. The molecule has 0 atom stereocenters. The zero-order valence-electron chi connectivity index (χ0n) is 39.2. The topological polar surface area (TPSA) is 124 Å². The molecule has 9 rings (SSSR count). The second-order valence-electron chi connectivity index (χ2n) is 19.2. The van der Waals surface area contributed by atoms with Crippen LogP contribution in [0.4, 0.5) is 22.7 Å².